The number of fused-ring (bicyclic) bond motifs is 1. The van der Waals surface area contributed by atoms with Gasteiger partial charge in [-0.2, -0.15) is 0 Å². The van der Waals surface area contributed by atoms with Crippen molar-refractivity contribution >= 4 is 33.3 Å². The summed E-state index contributed by atoms with van der Waals surface area (Å²) in [4.78, 5) is 25.9. The van der Waals surface area contributed by atoms with Crippen molar-refractivity contribution in [2.75, 3.05) is 6.54 Å². The molecule has 1 N–H and O–H groups in total. The van der Waals surface area contributed by atoms with Crippen LogP contribution in [0.3, 0.4) is 0 Å². The van der Waals surface area contributed by atoms with Gasteiger partial charge in [-0.1, -0.05) is 0 Å². The standard InChI is InChI=1S/C15H14FNO3S/c1-15(14(19)20)5-2-6-17(15)13(18)12-8-9-7-10(16)3-4-11(9)21-12/h3-4,7-8H,2,5-6H2,1H3,(H,19,20). The van der Waals surface area contributed by atoms with Gasteiger partial charge in [0.25, 0.3) is 5.91 Å². The second-order valence-electron chi connectivity index (χ2n) is 5.43. The Hall–Kier alpha value is -1.95. The van der Waals surface area contributed by atoms with Gasteiger partial charge in [0.05, 0.1) is 4.88 Å². The monoisotopic (exact) mass is 307 g/mol. The molecule has 3 rings (SSSR count). The number of rotatable bonds is 2. The molecule has 1 aliphatic heterocycles. The van der Waals surface area contributed by atoms with Crippen LogP contribution in [0.2, 0.25) is 0 Å². The summed E-state index contributed by atoms with van der Waals surface area (Å²) >= 11 is 1.26. The van der Waals surface area contributed by atoms with Gasteiger partial charge >= 0.3 is 5.97 Å². The molecule has 1 saturated heterocycles. The molecule has 4 nitrogen and oxygen atoms in total. The number of aliphatic carboxylic acids is 1. The number of carboxylic acid groups (broad SMARTS) is 1. The maximum absolute atomic E-state index is 13.2. The van der Waals surface area contributed by atoms with Gasteiger partial charge in [0.2, 0.25) is 0 Å². The molecule has 1 unspecified atom stereocenters. The maximum Gasteiger partial charge on any atom is 0.329 e. The number of likely N-dealkylation sites (tertiary alicyclic amines) is 1. The third-order valence-electron chi connectivity index (χ3n) is 4.04. The average molecular weight is 307 g/mol. The summed E-state index contributed by atoms with van der Waals surface area (Å²) < 4.78 is 14.0. The van der Waals surface area contributed by atoms with Crippen LogP contribution in [0.5, 0.6) is 0 Å². The Morgan fingerprint density at radius 1 is 1.38 bits per heavy atom. The minimum absolute atomic E-state index is 0.293. The molecule has 0 spiro atoms. The first-order valence-corrected chi connectivity index (χ1v) is 7.48. The van der Waals surface area contributed by atoms with E-state index in [0.29, 0.717) is 29.6 Å². The lowest BCUT2D eigenvalue weighted by molar-refractivity contribution is -0.147. The van der Waals surface area contributed by atoms with E-state index >= 15 is 0 Å². The number of amides is 1. The molecule has 1 aromatic carbocycles. The van der Waals surface area contributed by atoms with Gasteiger partial charge < -0.3 is 10.0 Å². The van der Waals surface area contributed by atoms with E-state index in [4.69, 9.17) is 0 Å². The summed E-state index contributed by atoms with van der Waals surface area (Å²) in [5, 5.41) is 10.0. The van der Waals surface area contributed by atoms with Crippen LogP contribution in [0.1, 0.15) is 29.4 Å². The van der Waals surface area contributed by atoms with Crippen molar-refractivity contribution in [3.05, 3.63) is 35.0 Å². The number of halogens is 1. The van der Waals surface area contributed by atoms with E-state index < -0.39 is 11.5 Å². The van der Waals surface area contributed by atoms with Crippen LogP contribution in [-0.4, -0.2) is 34.0 Å². The van der Waals surface area contributed by atoms with Crippen LogP contribution < -0.4 is 0 Å². The van der Waals surface area contributed by atoms with Crippen LogP contribution in [-0.2, 0) is 4.79 Å². The summed E-state index contributed by atoms with van der Waals surface area (Å²) in [5.74, 6) is -1.63. The molecule has 2 heterocycles. The van der Waals surface area contributed by atoms with Crippen molar-refractivity contribution in [3.8, 4) is 0 Å². The molecule has 0 saturated carbocycles. The van der Waals surface area contributed by atoms with E-state index in [1.807, 2.05) is 0 Å². The SMILES string of the molecule is CC1(C(=O)O)CCCN1C(=O)c1cc2cc(F)ccc2s1. The predicted octanol–water partition coefficient (Wildman–Crippen LogP) is 3.12. The summed E-state index contributed by atoms with van der Waals surface area (Å²) in [6.07, 6.45) is 1.13. The highest BCUT2D eigenvalue weighted by molar-refractivity contribution is 7.20. The zero-order valence-corrected chi connectivity index (χ0v) is 12.2. The Labute approximate surface area is 124 Å². The van der Waals surface area contributed by atoms with E-state index in [1.165, 1.54) is 28.4 Å². The fourth-order valence-electron chi connectivity index (χ4n) is 2.76. The van der Waals surface area contributed by atoms with E-state index in [0.717, 1.165) is 4.70 Å². The molecule has 1 fully saturated rings. The molecule has 0 radical (unpaired) electrons. The van der Waals surface area contributed by atoms with Gasteiger partial charge in [-0.3, -0.25) is 4.79 Å². The van der Waals surface area contributed by atoms with Gasteiger partial charge in [0.15, 0.2) is 0 Å². The first kappa shape index (κ1) is 14.0. The molecule has 6 heteroatoms. The average Bonchev–Trinajstić information content (AvgIpc) is 3.01. The molecular formula is C15H14FNO3S. The summed E-state index contributed by atoms with van der Waals surface area (Å²) in [7, 11) is 0. The van der Waals surface area contributed by atoms with Gasteiger partial charge in [-0.15, -0.1) is 11.3 Å². The highest BCUT2D eigenvalue weighted by Gasteiger charge is 2.46. The Kier molecular flexibility index (Phi) is 3.20. The number of carbonyl (C=O) groups excluding carboxylic acids is 1. The van der Waals surface area contributed by atoms with Gasteiger partial charge in [0, 0.05) is 11.2 Å². The first-order chi connectivity index (χ1) is 9.91. The van der Waals surface area contributed by atoms with Gasteiger partial charge in [-0.25, -0.2) is 9.18 Å². The van der Waals surface area contributed by atoms with Gasteiger partial charge in [-0.05, 0) is 49.4 Å². The van der Waals surface area contributed by atoms with Crippen LogP contribution >= 0.6 is 11.3 Å². The topological polar surface area (TPSA) is 57.6 Å². The highest BCUT2D eigenvalue weighted by Crippen LogP contribution is 2.34. The van der Waals surface area contributed by atoms with Crippen molar-refractivity contribution in [2.45, 2.75) is 25.3 Å². The van der Waals surface area contributed by atoms with Crippen LogP contribution in [0.25, 0.3) is 10.1 Å². The second kappa shape index (κ2) is 4.80. The number of hydrogen-bond donors (Lipinski definition) is 1. The van der Waals surface area contributed by atoms with E-state index in [2.05, 4.69) is 0 Å². The van der Waals surface area contributed by atoms with Crippen molar-refractivity contribution in [1.29, 1.82) is 0 Å². The van der Waals surface area contributed by atoms with Crippen molar-refractivity contribution < 1.29 is 19.1 Å². The van der Waals surface area contributed by atoms with E-state index in [1.54, 1.807) is 19.1 Å². The van der Waals surface area contributed by atoms with Crippen LogP contribution in [0.15, 0.2) is 24.3 Å². The number of nitrogens with zero attached hydrogens (tertiary/aromatic N) is 1. The summed E-state index contributed by atoms with van der Waals surface area (Å²) in [5.41, 5.74) is -1.15. The fourth-order valence-corrected chi connectivity index (χ4v) is 3.76. The molecule has 110 valence electrons. The van der Waals surface area contributed by atoms with Crippen LogP contribution in [0, 0.1) is 5.82 Å². The second-order valence-corrected chi connectivity index (χ2v) is 6.52. The molecular weight excluding hydrogens is 293 g/mol. The Balaban J connectivity index is 1.98. The Bertz CT molecular complexity index is 742. The molecule has 1 aliphatic rings. The quantitative estimate of drug-likeness (QED) is 0.927. The summed E-state index contributed by atoms with van der Waals surface area (Å²) in [6, 6.07) is 5.99. The normalized spacial score (nSPS) is 21.9. The third kappa shape index (κ3) is 2.19. The minimum atomic E-state index is -1.15. The number of hydrogen-bond acceptors (Lipinski definition) is 3. The lowest BCUT2D eigenvalue weighted by Crippen LogP contribution is -2.50. The predicted molar refractivity (Wildman–Crippen MR) is 78.1 cm³/mol. The van der Waals surface area contributed by atoms with Crippen molar-refractivity contribution in [2.24, 2.45) is 0 Å². The molecule has 0 aliphatic carbocycles. The molecule has 1 amide bonds. The van der Waals surface area contributed by atoms with E-state index in [9.17, 15) is 19.1 Å². The Morgan fingerprint density at radius 3 is 2.86 bits per heavy atom. The molecule has 0 bridgehead atoms. The maximum atomic E-state index is 13.2. The molecule has 1 atom stereocenters. The van der Waals surface area contributed by atoms with Crippen LogP contribution in [0.4, 0.5) is 4.39 Å². The van der Waals surface area contributed by atoms with E-state index in [-0.39, 0.29) is 11.7 Å². The largest absolute Gasteiger partial charge is 0.480 e. The zero-order valence-electron chi connectivity index (χ0n) is 11.4. The highest BCUT2D eigenvalue weighted by atomic mass is 32.1. The summed E-state index contributed by atoms with van der Waals surface area (Å²) in [6.45, 7) is 2.01. The van der Waals surface area contributed by atoms with Gasteiger partial charge in [0.1, 0.15) is 11.4 Å². The Morgan fingerprint density at radius 2 is 2.14 bits per heavy atom. The van der Waals surface area contributed by atoms with Crippen molar-refractivity contribution in [1.82, 2.24) is 4.90 Å². The fraction of sp³-hybridized carbons (Fsp3) is 0.333. The first-order valence-electron chi connectivity index (χ1n) is 6.66. The smallest absolute Gasteiger partial charge is 0.329 e. The number of carbonyl (C=O) groups is 2. The van der Waals surface area contributed by atoms with Crippen molar-refractivity contribution in [3.63, 3.8) is 0 Å². The number of thiophene rings is 1. The molecule has 21 heavy (non-hydrogen) atoms. The zero-order chi connectivity index (χ0) is 15.2. The molecule has 2 aromatic rings. The molecule has 1 aromatic heterocycles. The lowest BCUT2D eigenvalue weighted by atomic mass is 9.99. The lowest BCUT2D eigenvalue weighted by Gasteiger charge is -2.30. The number of benzene rings is 1. The number of carboxylic acids is 1. The third-order valence-corrected chi connectivity index (χ3v) is 5.14. The minimum Gasteiger partial charge on any atom is -0.480 e.